The zero-order valence-electron chi connectivity index (χ0n) is 12.6. The van der Waals surface area contributed by atoms with Gasteiger partial charge in [-0.2, -0.15) is 0 Å². The molecule has 1 fully saturated rings. The van der Waals surface area contributed by atoms with Crippen LogP contribution in [0.4, 0.5) is 5.69 Å². The Balaban J connectivity index is 1.89. The third kappa shape index (κ3) is 3.97. The Morgan fingerprint density at radius 3 is 2.52 bits per heavy atom. The molecule has 1 aliphatic heterocycles. The van der Waals surface area contributed by atoms with Gasteiger partial charge in [0.25, 0.3) is 5.91 Å². The molecule has 0 saturated carbocycles. The van der Waals surface area contributed by atoms with Crippen LogP contribution < -0.4 is 11.1 Å². The fourth-order valence-electron chi connectivity index (χ4n) is 2.45. The summed E-state index contributed by atoms with van der Waals surface area (Å²) in [5.41, 5.74) is 6.93. The number of nitrogens with zero attached hydrogens (tertiary/aromatic N) is 1. The van der Waals surface area contributed by atoms with Crippen LogP contribution in [0.3, 0.4) is 0 Å². The number of likely N-dealkylation sites (tertiary alicyclic amines) is 1. The maximum absolute atomic E-state index is 12.4. The molecule has 2 amide bonds. The Hall–Kier alpha value is -2.04. The molecule has 2 rings (SSSR count). The molecule has 5 heteroatoms. The summed E-state index contributed by atoms with van der Waals surface area (Å²) in [5, 5.41) is 3.03. The first-order chi connectivity index (χ1) is 9.97. The van der Waals surface area contributed by atoms with E-state index in [2.05, 4.69) is 5.32 Å². The van der Waals surface area contributed by atoms with E-state index in [1.165, 1.54) is 0 Å². The van der Waals surface area contributed by atoms with Crippen LogP contribution in [0.25, 0.3) is 0 Å². The van der Waals surface area contributed by atoms with Crippen molar-refractivity contribution in [3.05, 3.63) is 29.8 Å². The normalized spacial score (nSPS) is 16.0. The number of piperidine rings is 1. The van der Waals surface area contributed by atoms with E-state index >= 15 is 0 Å². The summed E-state index contributed by atoms with van der Waals surface area (Å²) in [7, 11) is 0. The Morgan fingerprint density at radius 1 is 1.29 bits per heavy atom. The lowest BCUT2D eigenvalue weighted by Gasteiger charge is -2.32. The van der Waals surface area contributed by atoms with Crippen LogP contribution >= 0.6 is 0 Å². The highest BCUT2D eigenvalue weighted by Crippen LogP contribution is 2.16. The highest BCUT2D eigenvalue weighted by Gasteiger charge is 2.25. The molecule has 0 radical (unpaired) electrons. The lowest BCUT2D eigenvalue weighted by Crippen LogP contribution is -2.47. The van der Waals surface area contributed by atoms with Crippen molar-refractivity contribution < 1.29 is 9.59 Å². The minimum atomic E-state index is -0.00282. The maximum atomic E-state index is 12.4. The largest absolute Gasteiger partial charge is 0.399 e. The van der Waals surface area contributed by atoms with Crippen LogP contribution in [0.2, 0.25) is 0 Å². The minimum absolute atomic E-state index is 0.00282. The average Bonchev–Trinajstić information content (AvgIpc) is 2.47. The smallest absolute Gasteiger partial charge is 0.253 e. The number of carbonyl (C=O) groups is 2. The van der Waals surface area contributed by atoms with Gasteiger partial charge in [-0.15, -0.1) is 0 Å². The lowest BCUT2D eigenvalue weighted by atomic mass is 10.0. The summed E-state index contributed by atoms with van der Waals surface area (Å²) in [6.45, 7) is 5.09. The van der Waals surface area contributed by atoms with Gasteiger partial charge < -0.3 is 16.0 Å². The Labute approximate surface area is 125 Å². The molecule has 0 bridgehead atoms. The maximum Gasteiger partial charge on any atom is 0.253 e. The van der Waals surface area contributed by atoms with E-state index in [0.717, 1.165) is 12.8 Å². The Morgan fingerprint density at radius 2 is 1.95 bits per heavy atom. The van der Waals surface area contributed by atoms with Gasteiger partial charge in [0, 0.05) is 36.3 Å². The molecule has 0 aromatic heterocycles. The van der Waals surface area contributed by atoms with Crippen LogP contribution in [0.5, 0.6) is 0 Å². The van der Waals surface area contributed by atoms with E-state index in [4.69, 9.17) is 5.73 Å². The van der Waals surface area contributed by atoms with Crippen molar-refractivity contribution in [3.8, 4) is 0 Å². The Kier molecular flexibility index (Phi) is 4.83. The molecule has 0 unspecified atom stereocenters. The van der Waals surface area contributed by atoms with Gasteiger partial charge in [0.05, 0.1) is 0 Å². The van der Waals surface area contributed by atoms with Crippen LogP contribution in [0.15, 0.2) is 24.3 Å². The fourth-order valence-corrected chi connectivity index (χ4v) is 2.45. The van der Waals surface area contributed by atoms with Gasteiger partial charge in [-0.3, -0.25) is 9.59 Å². The summed E-state index contributed by atoms with van der Waals surface area (Å²) < 4.78 is 0. The second-order valence-electron chi connectivity index (χ2n) is 5.86. The molecule has 0 spiro atoms. The van der Waals surface area contributed by atoms with Crippen LogP contribution in [0.1, 0.15) is 37.0 Å². The van der Waals surface area contributed by atoms with Gasteiger partial charge in [-0.25, -0.2) is 0 Å². The molecule has 1 aromatic rings. The molecule has 5 nitrogen and oxygen atoms in total. The van der Waals surface area contributed by atoms with E-state index in [9.17, 15) is 9.59 Å². The summed E-state index contributed by atoms with van der Waals surface area (Å²) in [6, 6.07) is 7.22. The number of benzene rings is 1. The van der Waals surface area contributed by atoms with Crippen molar-refractivity contribution in [1.29, 1.82) is 0 Å². The van der Waals surface area contributed by atoms with Crippen LogP contribution in [-0.4, -0.2) is 35.8 Å². The molecule has 0 atom stereocenters. The van der Waals surface area contributed by atoms with Gasteiger partial charge in [0.15, 0.2) is 0 Å². The van der Waals surface area contributed by atoms with Gasteiger partial charge in [-0.05, 0) is 31.0 Å². The number of anilines is 1. The molecule has 21 heavy (non-hydrogen) atoms. The van der Waals surface area contributed by atoms with E-state index < -0.39 is 0 Å². The standard InChI is InChI=1S/C16H23N3O2/c1-11(2)15(20)18-14-6-8-19(9-7-14)16(21)12-4-3-5-13(17)10-12/h3-5,10-11,14H,6-9,17H2,1-2H3,(H,18,20). The van der Waals surface area contributed by atoms with Crippen molar-refractivity contribution in [3.63, 3.8) is 0 Å². The van der Waals surface area contributed by atoms with E-state index in [0.29, 0.717) is 24.3 Å². The summed E-state index contributed by atoms with van der Waals surface area (Å²) in [5.74, 6) is 0.0866. The monoisotopic (exact) mass is 289 g/mol. The van der Waals surface area contributed by atoms with Gasteiger partial charge >= 0.3 is 0 Å². The summed E-state index contributed by atoms with van der Waals surface area (Å²) in [6.07, 6.45) is 1.60. The molecular weight excluding hydrogens is 266 g/mol. The first-order valence-corrected chi connectivity index (χ1v) is 7.42. The quantitative estimate of drug-likeness (QED) is 0.831. The van der Waals surface area contributed by atoms with Crippen molar-refractivity contribution in [1.82, 2.24) is 10.2 Å². The topological polar surface area (TPSA) is 75.4 Å². The zero-order chi connectivity index (χ0) is 15.4. The highest BCUT2D eigenvalue weighted by atomic mass is 16.2. The number of hydrogen-bond acceptors (Lipinski definition) is 3. The number of hydrogen-bond donors (Lipinski definition) is 2. The van der Waals surface area contributed by atoms with E-state index in [1.807, 2.05) is 18.7 Å². The van der Waals surface area contributed by atoms with E-state index in [1.54, 1.807) is 24.3 Å². The number of nitrogens with two attached hydrogens (primary N) is 1. The SMILES string of the molecule is CC(C)C(=O)NC1CCN(C(=O)c2cccc(N)c2)CC1. The van der Waals surface area contributed by atoms with E-state index in [-0.39, 0.29) is 23.8 Å². The predicted octanol–water partition coefficient (Wildman–Crippen LogP) is 1.65. The average molecular weight is 289 g/mol. The number of amides is 2. The summed E-state index contributed by atoms with van der Waals surface area (Å²) in [4.78, 5) is 25.9. The van der Waals surface area contributed by atoms with Crippen LogP contribution in [0, 0.1) is 5.92 Å². The first kappa shape index (κ1) is 15.4. The molecular formula is C16H23N3O2. The van der Waals surface area contributed by atoms with Crippen LogP contribution in [-0.2, 0) is 4.79 Å². The molecule has 114 valence electrons. The molecule has 3 N–H and O–H groups in total. The third-order valence-corrected chi connectivity index (χ3v) is 3.79. The molecule has 0 aliphatic carbocycles. The molecule has 1 heterocycles. The number of nitrogen functional groups attached to an aromatic ring is 1. The second-order valence-corrected chi connectivity index (χ2v) is 5.86. The molecule has 1 aromatic carbocycles. The zero-order valence-corrected chi connectivity index (χ0v) is 12.6. The van der Waals surface area contributed by atoms with Gasteiger partial charge in [0.2, 0.25) is 5.91 Å². The van der Waals surface area contributed by atoms with Crippen molar-refractivity contribution in [2.45, 2.75) is 32.7 Å². The summed E-state index contributed by atoms with van der Waals surface area (Å²) >= 11 is 0. The van der Waals surface area contributed by atoms with Crippen molar-refractivity contribution in [2.75, 3.05) is 18.8 Å². The fraction of sp³-hybridized carbons (Fsp3) is 0.500. The van der Waals surface area contributed by atoms with Gasteiger partial charge in [0.1, 0.15) is 0 Å². The van der Waals surface area contributed by atoms with Gasteiger partial charge in [-0.1, -0.05) is 19.9 Å². The Bertz CT molecular complexity index is 520. The first-order valence-electron chi connectivity index (χ1n) is 7.42. The number of carbonyl (C=O) groups excluding carboxylic acids is 2. The number of rotatable bonds is 3. The minimum Gasteiger partial charge on any atom is -0.399 e. The molecule has 1 aliphatic rings. The predicted molar refractivity (Wildman–Crippen MR) is 82.8 cm³/mol. The highest BCUT2D eigenvalue weighted by molar-refractivity contribution is 5.95. The second kappa shape index (κ2) is 6.61. The number of nitrogens with one attached hydrogen (secondary N) is 1. The van der Waals surface area contributed by atoms with Crippen molar-refractivity contribution in [2.24, 2.45) is 5.92 Å². The molecule has 1 saturated heterocycles. The lowest BCUT2D eigenvalue weighted by molar-refractivity contribution is -0.124. The van der Waals surface area contributed by atoms with Crippen molar-refractivity contribution >= 4 is 17.5 Å². The third-order valence-electron chi connectivity index (χ3n) is 3.79.